The first-order chi connectivity index (χ1) is 18.7. The number of amides is 1. The van der Waals surface area contributed by atoms with Crippen molar-refractivity contribution in [2.75, 3.05) is 10.6 Å². The summed E-state index contributed by atoms with van der Waals surface area (Å²) in [6.07, 6.45) is 3.41. The van der Waals surface area contributed by atoms with Gasteiger partial charge in [-0.05, 0) is 67.9 Å². The molecule has 3 heterocycles. The first-order valence-corrected chi connectivity index (χ1v) is 11.8. The van der Waals surface area contributed by atoms with Gasteiger partial charge < -0.3 is 15.2 Å². The summed E-state index contributed by atoms with van der Waals surface area (Å²) in [7, 11) is 0. The third kappa shape index (κ3) is 5.77. The van der Waals surface area contributed by atoms with E-state index in [1.165, 1.54) is 16.8 Å². The fourth-order valence-electron chi connectivity index (χ4n) is 3.95. The molecule has 8 nitrogen and oxygen atoms in total. The van der Waals surface area contributed by atoms with Crippen LogP contribution < -0.4 is 10.6 Å². The maximum atomic E-state index is 13.6. The Labute approximate surface area is 221 Å². The SMILES string of the molecule is Cc1ccc(C(=O)Nc2cc(-n3ccnc3C)cc(C(F)(F)F)c2)cc1Nc1nccc(-c2cccnc2)n1. The Morgan fingerprint density at radius 3 is 2.51 bits per heavy atom. The minimum atomic E-state index is -4.60. The molecule has 3 aromatic heterocycles. The van der Waals surface area contributed by atoms with E-state index in [1.807, 2.05) is 13.0 Å². The summed E-state index contributed by atoms with van der Waals surface area (Å²) in [5.41, 5.74) is 2.46. The number of anilines is 3. The summed E-state index contributed by atoms with van der Waals surface area (Å²) >= 11 is 0. The van der Waals surface area contributed by atoms with E-state index in [-0.39, 0.29) is 16.9 Å². The van der Waals surface area contributed by atoms with Gasteiger partial charge in [0.05, 0.1) is 11.3 Å². The van der Waals surface area contributed by atoms with Gasteiger partial charge in [0, 0.05) is 59.2 Å². The number of pyridine rings is 1. The second-order valence-corrected chi connectivity index (χ2v) is 8.73. The molecule has 1 amide bonds. The number of rotatable bonds is 6. The topological polar surface area (TPSA) is 97.6 Å². The molecule has 0 spiro atoms. The van der Waals surface area contributed by atoms with Gasteiger partial charge >= 0.3 is 6.18 Å². The Balaban J connectivity index is 1.41. The zero-order chi connectivity index (χ0) is 27.6. The standard InChI is InChI=1S/C28H22F3N7O/c1-17-5-6-19(12-25(17)37-27-34-9-7-24(36-27)20-4-3-8-32-16-20)26(39)35-22-13-21(28(29,30)31)14-23(15-22)38-11-10-33-18(38)2/h3-16H,1-2H3,(H,35,39)(H,34,36,37). The van der Waals surface area contributed by atoms with Crippen molar-refractivity contribution in [1.29, 1.82) is 0 Å². The fraction of sp³-hybridized carbons (Fsp3) is 0.107. The highest BCUT2D eigenvalue weighted by Crippen LogP contribution is 2.33. The number of aromatic nitrogens is 5. The van der Waals surface area contributed by atoms with Crippen molar-refractivity contribution in [3.8, 4) is 16.9 Å². The molecule has 0 saturated heterocycles. The molecule has 5 aromatic rings. The Hall–Kier alpha value is -5.06. The van der Waals surface area contributed by atoms with Gasteiger partial charge in [0.15, 0.2) is 0 Å². The smallest absolute Gasteiger partial charge is 0.324 e. The second kappa shape index (κ2) is 10.4. The maximum Gasteiger partial charge on any atom is 0.416 e. The predicted molar refractivity (Wildman–Crippen MR) is 141 cm³/mol. The number of hydrogen-bond donors (Lipinski definition) is 2. The highest BCUT2D eigenvalue weighted by Gasteiger charge is 2.31. The molecule has 0 aliphatic heterocycles. The molecule has 11 heteroatoms. The lowest BCUT2D eigenvalue weighted by Gasteiger charge is -2.15. The number of carbonyl (C=O) groups excluding carboxylic acids is 1. The van der Waals surface area contributed by atoms with Crippen LogP contribution in [0.25, 0.3) is 16.9 Å². The summed E-state index contributed by atoms with van der Waals surface area (Å²) in [6.45, 7) is 3.52. The minimum absolute atomic E-state index is 0.000476. The molecule has 0 unspecified atom stereocenters. The first-order valence-electron chi connectivity index (χ1n) is 11.8. The number of alkyl halides is 3. The Morgan fingerprint density at radius 2 is 1.79 bits per heavy atom. The number of aryl methyl sites for hydroxylation is 2. The van der Waals surface area contributed by atoms with Crippen LogP contribution in [0, 0.1) is 13.8 Å². The molecule has 196 valence electrons. The minimum Gasteiger partial charge on any atom is -0.324 e. The van der Waals surface area contributed by atoms with E-state index >= 15 is 0 Å². The number of imidazole rings is 1. The van der Waals surface area contributed by atoms with Gasteiger partial charge in [-0.25, -0.2) is 15.0 Å². The Bertz CT molecular complexity index is 1650. The number of carbonyl (C=O) groups is 1. The van der Waals surface area contributed by atoms with Gasteiger partial charge in [0.25, 0.3) is 5.91 Å². The monoisotopic (exact) mass is 529 g/mol. The molecular formula is C28H22F3N7O. The van der Waals surface area contributed by atoms with Crippen LogP contribution in [-0.4, -0.2) is 30.4 Å². The van der Waals surface area contributed by atoms with E-state index in [0.717, 1.165) is 23.3 Å². The molecule has 0 bridgehead atoms. The molecule has 0 aliphatic rings. The number of nitrogens with zero attached hydrogens (tertiary/aromatic N) is 5. The third-order valence-corrected chi connectivity index (χ3v) is 5.97. The maximum absolute atomic E-state index is 13.6. The van der Waals surface area contributed by atoms with Crippen molar-refractivity contribution in [2.45, 2.75) is 20.0 Å². The van der Waals surface area contributed by atoms with Crippen LogP contribution in [-0.2, 0) is 6.18 Å². The zero-order valence-electron chi connectivity index (χ0n) is 20.9. The highest BCUT2D eigenvalue weighted by molar-refractivity contribution is 6.05. The van der Waals surface area contributed by atoms with Crippen LogP contribution in [0.1, 0.15) is 27.3 Å². The number of benzene rings is 2. The van der Waals surface area contributed by atoms with E-state index in [0.29, 0.717) is 23.2 Å². The summed E-state index contributed by atoms with van der Waals surface area (Å²) in [4.78, 5) is 30.1. The van der Waals surface area contributed by atoms with Crippen LogP contribution in [0.4, 0.5) is 30.5 Å². The number of hydrogen-bond acceptors (Lipinski definition) is 6. The van der Waals surface area contributed by atoms with Crippen molar-refractivity contribution < 1.29 is 18.0 Å². The van der Waals surface area contributed by atoms with E-state index in [9.17, 15) is 18.0 Å². The number of nitrogens with one attached hydrogen (secondary N) is 2. The molecule has 2 N–H and O–H groups in total. The van der Waals surface area contributed by atoms with E-state index < -0.39 is 17.6 Å². The molecule has 0 fully saturated rings. The molecular weight excluding hydrogens is 507 g/mol. The Kier molecular flexibility index (Phi) is 6.80. The van der Waals surface area contributed by atoms with Gasteiger partial charge in [0.1, 0.15) is 5.82 Å². The summed E-state index contributed by atoms with van der Waals surface area (Å²) in [5.74, 6) is 0.251. The molecule has 5 rings (SSSR count). The van der Waals surface area contributed by atoms with Gasteiger partial charge in [-0.2, -0.15) is 13.2 Å². The van der Waals surface area contributed by atoms with Crippen LogP contribution in [0.5, 0.6) is 0 Å². The highest BCUT2D eigenvalue weighted by atomic mass is 19.4. The quantitative estimate of drug-likeness (QED) is 0.266. The van der Waals surface area contributed by atoms with Crippen molar-refractivity contribution in [3.63, 3.8) is 0 Å². The Morgan fingerprint density at radius 1 is 0.949 bits per heavy atom. The van der Waals surface area contributed by atoms with Crippen LogP contribution in [0.15, 0.2) is 85.6 Å². The average molecular weight is 530 g/mol. The van der Waals surface area contributed by atoms with E-state index in [2.05, 4.69) is 30.6 Å². The van der Waals surface area contributed by atoms with Crippen LogP contribution in [0.3, 0.4) is 0 Å². The van der Waals surface area contributed by atoms with Gasteiger partial charge in [-0.3, -0.25) is 9.78 Å². The van der Waals surface area contributed by atoms with Crippen LogP contribution in [0.2, 0.25) is 0 Å². The first kappa shape index (κ1) is 25.6. The lowest BCUT2D eigenvalue weighted by Crippen LogP contribution is -2.15. The third-order valence-electron chi connectivity index (χ3n) is 5.97. The van der Waals surface area contributed by atoms with Crippen molar-refractivity contribution >= 4 is 23.2 Å². The average Bonchev–Trinajstić information content (AvgIpc) is 3.35. The summed E-state index contributed by atoms with van der Waals surface area (Å²) < 4.78 is 42.4. The van der Waals surface area contributed by atoms with Gasteiger partial charge in [0.2, 0.25) is 5.95 Å². The summed E-state index contributed by atoms with van der Waals surface area (Å²) in [6, 6.07) is 13.7. The molecule has 39 heavy (non-hydrogen) atoms. The van der Waals surface area contributed by atoms with Crippen molar-refractivity contribution in [3.05, 3.63) is 108 Å². The normalized spacial score (nSPS) is 11.3. The molecule has 2 aromatic carbocycles. The lowest BCUT2D eigenvalue weighted by atomic mass is 10.1. The lowest BCUT2D eigenvalue weighted by molar-refractivity contribution is -0.137. The second-order valence-electron chi connectivity index (χ2n) is 8.73. The molecule has 0 atom stereocenters. The molecule has 0 aliphatic carbocycles. The zero-order valence-corrected chi connectivity index (χ0v) is 20.9. The fourth-order valence-corrected chi connectivity index (χ4v) is 3.95. The van der Waals surface area contributed by atoms with Crippen LogP contribution >= 0.6 is 0 Å². The van der Waals surface area contributed by atoms with Crippen molar-refractivity contribution in [2.24, 2.45) is 0 Å². The predicted octanol–water partition coefficient (Wildman–Crippen LogP) is 6.36. The van der Waals surface area contributed by atoms with Crippen molar-refractivity contribution in [1.82, 2.24) is 24.5 Å². The number of halogens is 3. The van der Waals surface area contributed by atoms with Gasteiger partial charge in [-0.1, -0.05) is 6.07 Å². The molecule has 0 radical (unpaired) electrons. The van der Waals surface area contributed by atoms with E-state index in [4.69, 9.17) is 0 Å². The summed E-state index contributed by atoms with van der Waals surface area (Å²) in [5, 5.41) is 5.72. The van der Waals surface area contributed by atoms with E-state index in [1.54, 1.807) is 62.0 Å². The van der Waals surface area contributed by atoms with Gasteiger partial charge in [-0.15, -0.1) is 0 Å². The largest absolute Gasteiger partial charge is 0.416 e. The molecule has 0 saturated carbocycles.